The number of benzene rings is 1. The zero-order chi connectivity index (χ0) is 18.7. The molecule has 2 rings (SSSR count). The van der Waals surface area contributed by atoms with E-state index >= 15 is 0 Å². The van der Waals surface area contributed by atoms with Crippen molar-refractivity contribution < 1.29 is 19.1 Å². The normalized spacial score (nSPS) is 10.6. The average molecular weight is 342 g/mol. The van der Waals surface area contributed by atoms with Gasteiger partial charge in [0.2, 0.25) is 0 Å². The molecule has 6 heteroatoms. The molecule has 0 radical (unpaired) electrons. The molecule has 0 saturated carbocycles. The zero-order valence-electron chi connectivity index (χ0n) is 15.0. The van der Waals surface area contributed by atoms with E-state index in [2.05, 4.69) is 10.3 Å². The number of carbonyl (C=O) groups excluding carboxylic acids is 3. The highest BCUT2D eigenvalue weighted by Gasteiger charge is 2.23. The minimum Gasteiger partial charge on any atom is -0.459 e. The van der Waals surface area contributed by atoms with Gasteiger partial charge < -0.3 is 15.0 Å². The number of rotatable bonds is 5. The molecule has 132 valence electrons. The molecule has 2 aromatic rings. The van der Waals surface area contributed by atoms with E-state index < -0.39 is 5.97 Å². The molecule has 25 heavy (non-hydrogen) atoms. The average Bonchev–Trinajstić information content (AvgIpc) is 2.81. The van der Waals surface area contributed by atoms with E-state index in [0.29, 0.717) is 33.8 Å². The van der Waals surface area contributed by atoms with Gasteiger partial charge >= 0.3 is 5.97 Å². The first kappa shape index (κ1) is 18.4. The molecule has 6 nitrogen and oxygen atoms in total. The van der Waals surface area contributed by atoms with Crippen LogP contribution in [-0.2, 0) is 4.74 Å². The number of Topliss-reactive ketones (excluding diaryl/α,β-unsaturated/α-hetero) is 1. The Labute approximate surface area is 146 Å². The highest BCUT2D eigenvalue weighted by atomic mass is 16.5. The van der Waals surface area contributed by atoms with Gasteiger partial charge in [-0.25, -0.2) is 4.79 Å². The SMILES string of the molecule is CC(=O)c1cccc(NC(=O)c2[nH]c(C)c(C(=O)OC(C)C)c2C)c1. The second-order valence-corrected chi connectivity index (χ2v) is 6.17. The van der Waals surface area contributed by atoms with Crippen LogP contribution in [0.15, 0.2) is 24.3 Å². The molecule has 0 unspecified atom stereocenters. The molecule has 0 aliphatic carbocycles. The minimum atomic E-state index is -0.459. The van der Waals surface area contributed by atoms with Crippen molar-refractivity contribution in [3.63, 3.8) is 0 Å². The van der Waals surface area contributed by atoms with Crippen molar-refractivity contribution in [3.8, 4) is 0 Å². The molecule has 0 saturated heterocycles. The Balaban J connectivity index is 2.27. The number of nitrogens with one attached hydrogen (secondary N) is 2. The molecule has 2 N–H and O–H groups in total. The van der Waals surface area contributed by atoms with Crippen molar-refractivity contribution in [1.29, 1.82) is 0 Å². The van der Waals surface area contributed by atoms with Crippen LogP contribution < -0.4 is 5.32 Å². The lowest BCUT2D eigenvalue weighted by atomic mass is 10.1. The van der Waals surface area contributed by atoms with E-state index in [-0.39, 0.29) is 17.8 Å². The van der Waals surface area contributed by atoms with E-state index in [1.165, 1.54) is 6.92 Å². The van der Waals surface area contributed by atoms with Crippen molar-refractivity contribution in [3.05, 3.63) is 52.3 Å². The van der Waals surface area contributed by atoms with Crippen molar-refractivity contribution in [1.82, 2.24) is 4.98 Å². The van der Waals surface area contributed by atoms with Gasteiger partial charge in [-0.15, -0.1) is 0 Å². The second kappa shape index (κ2) is 7.34. The maximum atomic E-state index is 12.5. The Morgan fingerprint density at radius 2 is 1.84 bits per heavy atom. The van der Waals surface area contributed by atoms with Crippen LogP contribution in [-0.4, -0.2) is 28.7 Å². The fourth-order valence-corrected chi connectivity index (χ4v) is 2.57. The highest BCUT2D eigenvalue weighted by Crippen LogP contribution is 2.21. The number of ether oxygens (including phenoxy) is 1. The molecule has 1 amide bonds. The number of amides is 1. The van der Waals surface area contributed by atoms with Gasteiger partial charge in [-0.2, -0.15) is 0 Å². The van der Waals surface area contributed by atoms with Crippen LogP contribution in [0, 0.1) is 13.8 Å². The van der Waals surface area contributed by atoms with Crippen LogP contribution in [0.25, 0.3) is 0 Å². The quantitative estimate of drug-likeness (QED) is 0.641. The maximum absolute atomic E-state index is 12.5. The van der Waals surface area contributed by atoms with E-state index in [1.807, 2.05) is 0 Å². The molecule has 1 aromatic carbocycles. The molecule has 0 atom stereocenters. The van der Waals surface area contributed by atoms with Gasteiger partial charge in [0.05, 0.1) is 11.7 Å². The van der Waals surface area contributed by atoms with Gasteiger partial charge in [0.25, 0.3) is 5.91 Å². The molecular weight excluding hydrogens is 320 g/mol. The van der Waals surface area contributed by atoms with Crippen LogP contribution in [0.4, 0.5) is 5.69 Å². The third-order valence-corrected chi connectivity index (χ3v) is 3.74. The number of aromatic amines is 1. The van der Waals surface area contributed by atoms with Gasteiger partial charge in [0, 0.05) is 16.9 Å². The molecule has 1 heterocycles. The number of anilines is 1. The van der Waals surface area contributed by atoms with Crippen molar-refractivity contribution >= 4 is 23.3 Å². The monoisotopic (exact) mass is 342 g/mol. The summed E-state index contributed by atoms with van der Waals surface area (Å²) in [4.78, 5) is 39.1. The highest BCUT2D eigenvalue weighted by molar-refractivity contribution is 6.07. The van der Waals surface area contributed by atoms with Crippen LogP contribution in [0.2, 0.25) is 0 Å². The molecule has 0 aliphatic rings. The van der Waals surface area contributed by atoms with Crippen LogP contribution in [0.1, 0.15) is 63.2 Å². The standard InChI is InChI=1S/C19H22N2O4/c1-10(2)25-19(24)16-11(3)17(20-12(16)4)18(23)21-15-8-6-7-14(9-15)13(5)22/h6-10,20H,1-5H3,(H,21,23). The molecular formula is C19H22N2O4. The summed E-state index contributed by atoms with van der Waals surface area (Å²) in [6.07, 6.45) is -0.243. The third kappa shape index (κ3) is 4.15. The van der Waals surface area contributed by atoms with Gasteiger partial charge in [-0.1, -0.05) is 12.1 Å². The number of carbonyl (C=O) groups is 3. The molecule has 0 spiro atoms. The smallest absolute Gasteiger partial charge is 0.340 e. The van der Waals surface area contributed by atoms with Gasteiger partial charge in [-0.3, -0.25) is 9.59 Å². The fraction of sp³-hybridized carbons (Fsp3) is 0.316. The number of esters is 1. The van der Waals surface area contributed by atoms with Crippen molar-refractivity contribution in [2.75, 3.05) is 5.32 Å². The fourth-order valence-electron chi connectivity index (χ4n) is 2.57. The van der Waals surface area contributed by atoms with Gasteiger partial charge in [-0.05, 0) is 52.3 Å². The third-order valence-electron chi connectivity index (χ3n) is 3.74. The summed E-state index contributed by atoms with van der Waals surface area (Å²) in [7, 11) is 0. The first-order chi connectivity index (χ1) is 11.7. The van der Waals surface area contributed by atoms with Crippen LogP contribution in [0.3, 0.4) is 0 Å². The van der Waals surface area contributed by atoms with Crippen LogP contribution in [0.5, 0.6) is 0 Å². The maximum Gasteiger partial charge on any atom is 0.340 e. The van der Waals surface area contributed by atoms with Crippen molar-refractivity contribution in [2.45, 2.75) is 40.7 Å². The predicted molar refractivity (Wildman–Crippen MR) is 95.2 cm³/mol. The number of aryl methyl sites for hydroxylation is 1. The number of hydrogen-bond acceptors (Lipinski definition) is 4. The predicted octanol–water partition coefficient (Wildman–Crippen LogP) is 3.65. The van der Waals surface area contributed by atoms with E-state index in [4.69, 9.17) is 4.74 Å². The summed E-state index contributed by atoms with van der Waals surface area (Å²) < 4.78 is 5.22. The number of aromatic nitrogens is 1. The Morgan fingerprint density at radius 1 is 1.16 bits per heavy atom. The zero-order valence-corrected chi connectivity index (χ0v) is 15.0. The van der Waals surface area contributed by atoms with E-state index in [1.54, 1.807) is 52.0 Å². The van der Waals surface area contributed by atoms with Gasteiger partial charge in [0.1, 0.15) is 5.69 Å². The summed E-state index contributed by atoms with van der Waals surface area (Å²) in [5.74, 6) is -0.925. The summed E-state index contributed by atoms with van der Waals surface area (Å²) in [6, 6.07) is 6.69. The summed E-state index contributed by atoms with van der Waals surface area (Å²) in [5, 5.41) is 2.74. The summed E-state index contributed by atoms with van der Waals surface area (Å²) in [6.45, 7) is 8.42. The minimum absolute atomic E-state index is 0.0817. The number of hydrogen-bond donors (Lipinski definition) is 2. The summed E-state index contributed by atoms with van der Waals surface area (Å²) in [5.41, 5.74) is 2.79. The Bertz CT molecular complexity index is 834. The number of H-pyrrole nitrogens is 1. The first-order valence-electron chi connectivity index (χ1n) is 8.03. The Hall–Kier alpha value is -2.89. The second-order valence-electron chi connectivity index (χ2n) is 6.17. The lowest BCUT2D eigenvalue weighted by Crippen LogP contribution is -2.15. The van der Waals surface area contributed by atoms with Gasteiger partial charge in [0.15, 0.2) is 5.78 Å². The lowest BCUT2D eigenvalue weighted by molar-refractivity contribution is 0.0376. The summed E-state index contributed by atoms with van der Waals surface area (Å²) >= 11 is 0. The molecule has 0 bridgehead atoms. The molecule has 0 aliphatic heterocycles. The first-order valence-corrected chi connectivity index (χ1v) is 8.03. The van der Waals surface area contributed by atoms with E-state index in [0.717, 1.165) is 0 Å². The topological polar surface area (TPSA) is 88.3 Å². The van der Waals surface area contributed by atoms with E-state index in [9.17, 15) is 14.4 Å². The lowest BCUT2D eigenvalue weighted by Gasteiger charge is -2.08. The Kier molecular flexibility index (Phi) is 5.41. The van der Waals surface area contributed by atoms with Crippen LogP contribution >= 0.6 is 0 Å². The number of ketones is 1. The molecule has 0 fully saturated rings. The molecule has 1 aromatic heterocycles. The van der Waals surface area contributed by atoms with Crippen molar-refractivity contribution in [2.24, 2.45) is 0 Å². The Morgan fingerprint density at radius 3 is 2.44 bits per heavy atom. The largest absolute Gasteiger partial charge is 0.459 e.